The van der Waals surface area contributed by atoms with Gasteiger partial charge in [0.1, 0.15) is 0 Å². The Labute approximate surface area is 107 Å². The molecule has 2 heterocycles. The topological polar surface area (TPSA) is 55.3 Å². The molecule has 1 aromatic rings. The summed E-state index contributed by atoms with van der Waals surface area (Å²) in [6, 6.07) is 1.66. The molecule has 0 saturated carbocycles. The van der Waals surface area contributed by atoms with Gasteiger partial charge in [0.25, 0.3) is 0 Å². The number of ether oxygens (including phenoxy) is 1. The average Bonchev–Trinajstić information content (AvgIpc) is 2.66. The quantitative estimate of drug-likeness (QED) is 0.750. The van der Waals surface area contributed by atoms with E-state index in [-0.39, 0.29) is 0 Å². The molecule has 98 valence electrons. The summed E-state index contributed by atoms with van der Waals surface area (Å²) in [5.74, 6) is 0.244. The third-order valence-corrected chi connectivity index (χ3v) is 3.13. The molecule has 1 aliphatic heterocycles. The second-order valence-corrected chi connectivity index (χ2v) is 4.59. The number of nitrogens with zero attached hydrogens (tertiary/aromatic N) is 3. The molecule has 1 aliphatic rings. The Kier molecular flexibility index (Phi) is 4.12. The fraction of sp³-hybridized carbons (Fsp3) is 0.615. The number of anilines is 1. The van der Waals surface area contributed by atoms with E-state index >= 15 is 0 Å². The van der Waals surface area contributed by atoms with E-state index < -0.39 is 5.97 Å². The van der Waals surface area contributed by atoms with Crippen molar-refractivity contribution in [3.05, 3.63) is 17.5 Å². The monoisotopic (exact) mass is 249 g/mol. The average molecular weight is 249 g/mol. The number of carbonyl (C=O) groups excluding carboxylic acids is 1. The van der Waals surface area contributed by atoms with Crippen molar-refractivity contribution in [3.63, 3.8) is 0 Å². The molecule has 0 atom stereocenters. The summed E-state index contributed by atoms with van der Waals surface area (Å²) in [5, 5.41) is 0. The molecule has 0 radical (unpaired) electrons. The second kappa shape index (κ2) is 5.80. The molecule has 18 heavy (non-hydrogen) atoms. The van der Waals surface area contributed by atoms with Crippen LogP contribution in [0.3, 0.4) is 0 Å². The number of carbonyl (C=O) groups is 1. The normalized spacial score (nSPS) is 16.2. The standard InChI is InChI=1S/C13H19N3O2/c1-10-9-11(12(17)18-2)15-13(14-10)16-7-5-3-4-6-8-16/h9H,3-8H2,1-2H3. The maximum absolute atomic E-state index is 11.5. The van der Waals surface area contributed by atoms with Gasteiger partial charge in [-0.3, -0.25) is 0 Å². The van der Waals surface area contributed by atoms with Gasteiger partial charge in [0, 0.05) is 18.8 Å². The maximum atomic E-state index is 11.5. The maximum Gasteiger partial charge on any atom is 0.356 e. The van der Waals surface area contributed by atoms with Crippen molar-refractivity contribution in [2.45, 2.75) is 32.6 Å². The van der Waals surface area contributed by atoms with Crippen LogP contribution >= 0.6 is 0 Å². The van der Waals surface area contributed by atoms with Crippen LogP contribution in [0.25, 0.3) is 0 Å². The van der Waals surface area contributed by atoms with E-state index in [1.165, 1.54) is 20.0 Å². The van der Waals surface area contributed by atoms with Gasteiger partial charge in [0.15, 0.2) is 5.69 Å². The van der Waals surface area contributed by atoms with Crippen LogP contribution in [-0.4, -0.2) is 36.1 Å². The minimum atomic E-state index is -0.406. The third kappa shape index (κ3) is 2.97. The van der Waals surface area contributed by atoms with Crippen LogP contribution in [0.4, 0.5) is 5.95 Å². The Hall–Kier alpha value is -1.65. The zero-order valence-corrected chi connectivity index (χ0v) is 11.0. The molecule has 1 saturated heterocycles. The minimum Gasteiger partial charge on any atom is -0.464 e. The second-order valence-electron chi connectivity index (χ2n) is 4.59. The van der Waals surface area contributed by atoms with E-state index in [4.69, 9.17) is 4.74 Å². The van der Waals surface area contributed by atoms with Crippen molar-refractivity contribution < 1.29 is 9.53 Å². The van der Waals surface area contributed by atoms with Crippen molar-refractivity contribution in [1.82, 2.24) is 9.97 Å². The molecule has 1 aromatic heterocycles. The molecule has 2 rings (SSSR count). The number of hydrogen-bond donors (Lipinski definition) is 0. The zero-order valence-electron chi connectivity index (χ0n) is 11.0. The predicted molar refractivity (Wildman–Crippen MR) is 68.8 cm³/mol. The number of rotatable bonds is 2. The molecule has 0 unspecified atom stereocenters. The van der Waals surface area contributed by atoms with E-state index in [1.54, 1.807) is 6.07 Å². The number of aryl methyl sites for hydroxylation is 1. The van der Waals surface area contributed by atoms with Gasteiger partial charge in [0.2, 0.25) is 5.95 Å². The highest BCUT2D eigenvalue weighted by molar-refractivity contribution is 5.87. The smallest absolute Gasteiger partial charge is 0.356 e. The summed E-state index contributed by atoms with van der Waals surface area (Å²) >= 11 is 0. The van der Waals surface area contributed by atoms with Crippen LogP contribution in [0.15, 0.2) is 6.07 Å². The highest BCUT2D eigenvalue weighted by Crippen LogP contribution is 2.16. The number of aromatic nitrogens is 2. The summed E-state index contributed by atoms with van der Waals surface area (Å²) in [6.45, 7) is 3.80. The van der Waals surface area contributed by atoms with Gasteiger partial charge >= 0.3 is 5.97 Å². The van der Waals surface area contributed by atoms with E-state index in [2.05, 4.69) is 14.9 Å². The van der Waals surface area contributed by atoms with Crippen LogP contribution in [0.5, 0.6) is 0 Å². The molecule has 0 bridgehead atoms. The fourth-order valence-corrected chi connectivity index (χ4v) is 2.17. The van der Waals surface area contributed by atoms with Crippen molar-refractivity contribution in [3.8, 4) is 0 Å². The highest BCUT2D eigenvalue weighted by atomic mass is 16.5. The first-order chi connectivity index (χ1) is 8.70. The SMILES string of the molecule is COC(=O)c1cc(C)nc(N2CCCCCC2)n1. The van der Waals surface area contributed by atoms with Crippen LogP contribution in [0.2, 0.25) is 0 Å². The number of methoxy groups -OCH3 is 1. The van der Waals surface area contributed by atoms with E-state index in [9.17, 15) is 4.79 Å². The van der Waals surface area contributed by atoms with Crippen LogP contribution in [0.1, 0.15) is 41.9 Å². The lowest BCUT2D eigenvalue weighted by Crippen LogP contribution is -2.27. The molecular formula is C13H19N3O2. The van der Waals surface area contributed by atoms with Crippen LogP contribution < -0.4 is 4.90 Å². The van der Waals surface area contributed by atoms with E-state index in [1.807, 2.05) is 6.92 Å². The molecule has 0 spiro atoms. The van der Waals surface area contributed by atoms with Gasteiger partial charge in [-0.15, -0.1) is 0 Å². The Bertz CT molecular complexity index is 426. The third-order valence-electron chi connectivity index (χ3n) is 3.13. The molecule has 5 heteroatoms. The fourth-order valence-electron chi connectivity index (χ4n) is 2.17. The zero-order chi connectivity index (χ0) is 13.0. The van der Waals surface area contributed by atoms with Gasteiger partial charge in [-0.25, -0.2) is 14.8 Å². The predicted octanol–water partition coefficient (Wildman–Crippen LogP) is 1.95. The van der Waals surface area contributed by atoms with Crippen molar-refractivity contribution in [2.75, 3.05) is 25.1 Å². The summed E-state index contributed by atoms with van der Waals surface area (Å²) in [4.78, 5) is 22.4. The first kappa shape index (κ1) is 12.8. The van der Waals surface area contributed by atoms with Crippen molar-refractivity contribution in [2.24, 2.45) is 0 Å². The lowest BCUT2D eigenvalue weighted by Gasteiger charge is -2.20. The Morgan fingerprint density at radius 1 is 1.22 bits per heavy atom. The molecule has 5 nitrogen and oxygen atoms in total. The van der Waals surface area contributed by atoms with Gasteiger partial charge in [-0.1, -0.05) is 12.8 Å². The molecule has 0 aliphatic carbocycles. The summed E-state index contributed by atoms with van der Waals surface area (Å²) in [5.41, 5.74) is 1.13. The lowest BCUT2D eigenvalue weighted by atomic mass is 10.2. The van der Waals surface area contributed by atoms with Crippen LogP contribution in [-0.2, 0) is 4.74 Å². The van der Waals surface area contributed by atoms with Crippen molar-refractivity contribution >= 4 is 11.9 Å². The Morgan fingerprint density at radius 3 is 2.50 bits per heavy atom. The van der Waals surface area contributed by atoms with Crippen LogP contribution in [0, 0.1) is 6.92 Å². The molecule has 0 amide bonds. The van der Waals surface area contributed by atoms with Gasteiger partial charge in [-0.2, -0.15) is 0 Å². The highest BCUT2D eigenvalue weighted by Gasteiger charge is 2.16. The summed E-state index contributed by atoms with van der Waals surface area (Å²) in [7, 11) is 1.37. The molecule has 0 aromatic carbocycles. The van der Waals surface area contributed by atoms with Gasteiger partial charge in [-0.05, 0) is 25.8 Å². The molecule has 0 N–H and O–H groups in total. The Balaban J connectivity index is 2.26. The van der Waals surface area contributed by atoms with Gasteiger partial charge < -0.3 is 9.64 Å². The summed E-state index contributed by atoms with van der Waals surface area (Å²) in [6.07, 6.45) is 4.83. The van der Waals surface area contributed by atoms with Gasteiger partial charge in [0.05, 0.1) is 7.11 Å². The van der Waals surface area contributed by atoms with Crippen molar-refractivity contribution in [1.29, 1.82) is 0 Å². The molecular weight excluding hydrogens is 230 g/mol. The van der Waals surface area contributed by atoms with E-state index in [0.717, 1.165) is 31.6 Å². The minimum absolute atomic E-state index is 0.337. The lowest BCUT2D eigenvalue weighted by molar-refractivity contribution is 0.0593. The Morgan fingerprint density at radius 2 is 1.89 bits per heavy atom. The largest absolute Gasteiger partial charge is 0.464 e. The summed E-state index contributed by atoms with van der Waals surface area (Å²) < 4.78 is 4.71. The van der Waals surface area contributed by atoms with E-state index in [0.29, 0.717) is 11.6 Å². The number of esters is 1. The first-order valence-electron chi connectivity index (χ1n) is 6.39. The molecule has 1 fully saturated rings. The first-order valence-corrected chi connectivity index (χ1v) is 6.39. The number of hydrogen-bond acceptors (Lipinski definition) is 5.